The predicted molar refractivity (Wildman–Crippen MR) is 73.1 cm³/mol. The average Bonchev–Trinajstić information content (AvgIpc) is 2.85. The molecule has 0 aliphatic carbocycles. The Hall–Kier alpha value is -2.70. The lowest BCUT2D eigenvalue weighted by Crippen LogP contribution is -1.98. The Morgan fingerprint density at radius 3 is 2.90 bits per heavy atom. The third-order valence-corrected chi connectivity index (χ3v) is 3.16. The van der Waals surface area contributed by atoms with Gasteiger partial charge in [-0.05, 0) is 18.2 Å². The molecule has 2 aromatic rings. The highest BCUT2D eigenvalue weighted by molar-refractivity contribution is 5.88. The first-order valence-electron chi connectivity index (χ1n) is 6.46. The molecule has 0 unspecified atom stereocenters. The van der Waals surface area contributed by atoms with Crippen LogP contribution in [-0.4, -0.2) is 41.6 Å². The molecule has 0 spiro atoms. The second kappa shape index (κ2) is 5.35. The predicted octanol–water partition coefficient (Wildman–Crippen LogP) is 1.94. The van der Waals surface area contributed by atoms with Crippen molar-refractivity contribution < 1.29 is 24.1 Å². The Labute approximate surface area is 120 Å². The first-order chi connectivity index (χ1) is 10.2. The number of carboxylic acid groups (broad SMARTS) is 1. The maximum atomic E-state index is 11.0. The number of benzene rings is 1. The molecule has 0 radical (unpaired) electrons. The molecule has 1 aliphatic heterocycles. The van der Waals surface area contributed by atoms with E-state index in [1.807, 2.05) is 0 Å². The van der Waals surface area contributed by atoms with Crippen molar-refractivity contribution in [3.05, 3.63) is 23.9 Å². The summed E-state index contributed by atoms with van der Waals surface area (Å²) in [5.41, 5.74) is 1.02. The molecular formula is C14H14N2O5. The van der Waals surface area contributed by atoms with Crippen molar-refractivity contribution in [1.82, 2.24) is 10.2 Å². The van der Waals surface area contributed by atoms with E-state index < -0.39 is 5.97 Å². The van der Waals surface area contributed by atoms with Gasteiger partial charge in [-0.1, -0.05) is 0 Å². The summed E-state index contributed by atoms with van der Waals surface area (Å²) in [6.07, 6.45) is 0.775. The van der Waals surface area contributed by atoms with Crippen LogP contribution in [0.5, 0.6) is 17.2 Å². The van der Waals surface area contributed by atoms with E-state index in [1.165, 1.54) is 13.2 Å². The first kappa shape index (κ1) is 13.3. The van der Waals surface area contributed by atoms with E-state index in [2.05, 4.69) is 10.2 Å². The van der Waals surface area contributed by atoms with Crippen molar-refractivity contribution in [2.75, 3.05) is 20.3 Å². The Balaban J connectivity index is 2.16. The third-order valence-electron chi connectivity index (χ3n) is 3.16. The van der Waals surface area contributed by atoms with Crippen molar-refractivity contribution in [3.8, 4) is 28.5 Å². The Morgan fingerprint density at radius 2 is 2.19 bits per heavy atom. The van der Waals surface area contributed by atoms with Crippen LogP contribution < -0.4 is 14.2 Å². The Morgan fingerprint density at radius 1 is 1.38 bits per heavy atom. The maximum absolute atomic E-state index is 11.0. The molecular weight excluding hydrogens is 276 g/mol. The molecule has 1 aliphatic rings. The van der Waals surface area contributed by atoms with Gasteiger partial charge in [0, 0.05) is 6.42 Å². The summed E-state index contributed by atoms with van der Waals surface area (Å²) < 4.78 is 16.7. The van der Waals surface area contributed by atoms with E-state index in [1.54, 1.807) is 12.1 Å². The van der Waals surface area contributed by atoms with Gasteiger partial charge in [-0.2, -0.15) is 5.10 Å². The highest BCUT2D eigenvalue weighted by Crippen LogP contribution is 2.44. The Kier molecular flexibility index (Phi) is 3.39. The molecule has 0 atom stereocenters. The number of aromatic carboxylic acids is 1. The van der Waals surface area contributed by atoms with E-state index >= 15 is 0 Å². The van der Waals surface area contributed by atoms with E-state index in [-0.39, 0.29) is 5.69 Å². The normalized spacial score (nSPS) is 13.6. The molecule has 7 nitrogen and oxygen atoms in total. The number of nitrogens with zero attached hydrogens (tertiary/aromatic N) is 1. The van der Waals surface area contributed by atoms with Crippen molar-refractivity contribution in [2.24, 2.45) is 0 Å². The first-order valence-corrected chi connectivity index (χ1v) is 6.46. The molecule has 110 valence electrons. The van der Waals surface area contributed by atoms with Crippen molar-refractivity contribution in [2.45, 2.75) is 6.42 Å². The van der Waals surface area contributed by atoms with Gasteiger partial charge >= 0.3 is 5.97 Å². The molecule has 2 heterocycles. The number of methoxy groups -OCH3 is 1. The maximum Gasteiger partial charge on any atom is 0.353 e. The largest absolute Gasteiger partial charge is 0.496 e. The number of ether oxygens (including phenoxy) is 3. The quantitative estimate of drug-likeness (QED) is 0.897. The molecule has 0 bridgehead atoms. The fourth-order valence-corrected chi connectivity index (χ4v) is 2.19. The fraction of sp³-hybridized carbons (Fsp3) is 0.286. The molecule has 2 N–H and O–H groups in total. The summed E-state index contributed by atoms with van der Waals surface area (Å²) in [5, 5.41) is 15.5. The monoisotopic (exact) mass is 290 g/mol. The van der Waals surface area contributed by atoms with Crippen molar-refractivity contribution in [1.29, 1.82) is 0 Å². The number of aromatic nitrogens is 2. The number of H-pyrrole nitrogens is 1. The molecule has 1 aromatic carbocycles. The second-order valence-electron chi connectivity index (χ2n) is 4.49. The van der Waals surface area contributed by atoms with Gasteiger partial charge in [0.2, 0.25) is 0 Å². The highest BCUT2D eigenvalue weighted by Gasteiger charge is 2.23. The highest BCUT2D eigenvalue weighted by atomic mass is 16.5. The molecule has 0 saturated heterocycles. The molecule has 0 fully saturated rings. The van der Waals surface area contributed by atoms with Crippen LogP contribution in [0, 0.1) is 0 Å². The van der Waals surface area contributed by atoms with Crippen molar-refractivity contribution in [3.63, 3.8) is 0 Å². The minimum absolute atomic E-state index is 0.000744. The molecule has 7 heteroatoms. The van der Waals surface area contributed by atoms with Crippen LogP contribution in [0.25, 0.3) is 11.3 Å². The van der Waals surface area contributed by atoms with E-state index in [0.29, 0.717) is 41.7 Å². The van der Waals surface area contributed by atoms with Crippen LogP contribution in [0.4, 0.5) is 0 Å². The summed E-state index contributed by atoms with van der Waals surface area (Å²) in [5.74, 6) is 0.591. The number of fused-ring (bicyclic) bond motifs is 1. The van der Waals surface area contributed by atoms with Gasteiger partial charge in [0.05, 0.1) is 25.9 Å². The van der Waals surface area contributed by atoms with E-state index in [9.17, 15) is 4.79 Å². The SMILES string of the molecule is COc1ccc2c(c1-c1cc(C(=O)O)[nH]n1)OCCCO2. The molecule has 21 heavy (non-hydrogen) atoms. The molecule has 0 amide bonds. The lowest BCUT2D eigenvalue weighted by atomic mass is 10.1. The zero-order valence-electron chi connectivity index (χ0n) is 11.4. The summed E-state index contributed by atoms with van der Waals surface area (Å²) in [7, 11) is 1.54. The third kappa shape index (κ3) is 2.37. The van der Waals surface area contributed by atoms with Gasteiger partial charge in [0.25, 0.3) is 0 Å². The van der Waals surface area contributed by atoms with Gasteiger partial charge < -0.3 is 19.3 Å². The molecule has 1 aromatic heterocycles. The summed E-state index contributed by atoms with van der Waals surface area (Å²) in [6.45, 7) is 1.09. The van der Waals surface area contributed by atoms with E-state index in [4.69, 9.17) is 19.3 Å². The van der Waals surface area contributed by atoms with E-state index in [0.717, 1.165) is 6.42 Å². The molecule has 3 rings (SSSR count). The Bertz CT molecular complexity index is 680. The van der Waals surface area contributed by atoms with Crippen LogP contribution in [-0.2, 0) is 0 Å². The molecule has 0 saturated carbocycles. The van der Waals surface area contributed by atoms with Crippen LogP contribution in [0.3, 0.4) is 0 Å². The lowest BCUT2D eigenvalue weighted by Gasteiger charge is -2.14. The van der Waals surface area contributed by atoms with Crippen LogP contribution >= 0.6 is 0 Å². The topological polar surface area (TPSA) is 93.7 Å². The van der Waals surface area contributed by atoms with Crippen LogP contribution in [0.2, 0.25) is 0 Å². The zero-order valence-corrected chi connectivity index (χ0v) is 11.4. The van der Waals surface area contributed by atoms with Gasteiger partial charge in [0.15, 0.2) is 11.5 Å². The fourth-order valence-electron chi connectivity index (χ4n) is 2.19. The van der Waals surface area contributed by atoms with Gasteiger partial charge in [-0.25, -0.2) is 4.79 Å². The zero-order chi connectivity index (χ0) is 14.8. The number of carbonyl (C=O) groups is 1. The minimum Gasteiger partial charge on any atom is -0.496 e. The van der Waals surface area contributed by atoms with Crippen LogP contribution in [0.15, 0.2) is 18.2 Å². The number of hydrogen-bond donors (Lipinski definition) is 2. The lowest BCUT2D eigenvalue weighted by molar-refractivity contribution is 0.0690. The summed E-state index contributed by atoms with van der Waals surface area (Å²) >= 11 is 0. The summed E-state index contributed by atoms with van der Waals surface area (Å²) in [6, 6.07) is 4.96. The minimum atomic E-state index is -1.08. The van der Waals surface area contributed by atoms with Crippen LogP contribution in [0.1, 0.15) is 16.9 Å². The smallest absolute Gasteiger partial charge is 0.353 e. The number of nitrogens with one attached hydrogen (secondary N) is 1. The van der Waals surface area contributed by atoms with Gasteiger partial charge in [0.1, 0.15) is 17.1 Å². The van der Waals surface area contributed by atoms with Gasteiger partial charge in [-0.3, -0.25) is 5.10 Å². The van der Waals surface area contributed by atoms with Crippen molar-refractivity contribution >= 4 is 5.97 Å². The standard InChI is InChI=1S/C14H14N2O5/c1-19-10-3-4-11-13(21-6-2-5-20-11)12(10)8-7-9(14(17)18)16-15-8/h3-4,7H,2,5-6H2,1H3,(H,15,16)(H,17,18). The number of aromatic amines is 1. The number of carboxylic acids is 1. The number of hydrogen-bond acceptors (Lipinski definition) is 5. The second-order valence-corrected chi connectivity index (χ2v) is 4.49. The number of rotatable bonds is 3. The summed E-state index contributed by atoms with van der Waals surface area (Å²) in [4.78, 5) is 11.0. The van der Waals surface area contributed by atoms with Gasteiger partial charge in [-0.15, -0.1) is 0 Å². The average molecular weight is 290 g/mol.